The zero-order valence-electron chi connectivity index (χ0n) is 14.4. The summed E-state index contributed by atoms with van der Waals surface area (Å²) in [5.41, 5.74) is 1.29. The van der Waals surface area contributed by atoms with Crippen LogP contribution in [0.2, 0.25) is 0 Å². The first-order valence-electron chi connectivity index (χ1n) is 9.01. The van der Waals surface area contributed by atoms with Gasteiger partial charge in [0.1, 0.15) is 0 Å². The Kier molecular flexibility index (Phi) is 5.21. The number of carbonyl (C=O) groups excluding carboxylic acids is 1. The number of hydrogen-bond donors (Lipinski definition) is 0. The van der Waals surface area contributed by atoms with Crippen LogP contribution >= 0.6 is 0 Å². The van der Waals surface area contributed by atoms with Gasteiger partial charge in [0.05, 0.1) is 6.04 Å². The third kappa shape index (κ3) is 3.69. The van der Waals surface area contributed by atoms with E-state index < -0.39 is 0 Å². The fourth-order valence-electron chi connectivity index (χ4n) is 3.83. The summed E-state index contributed by atoms with van der Waals surface area (Å²) in [4.78, 5) is 19.7. The van der Waals surface area contributed by atoms with Gasteiger partial charge in [-0.1, -0.05) is 18.2 Å². The molecule has 23 heavy (non-hydrogen) atoms. The first kappa shape index (κ1) is 16.3. The molecule has 2 unspecified atom stereocenters. The van der Waals surface area contributed by atoms with Crippen LogP contribution in [0.25, 0.3) is 0 Å². The highest BCUT2D eigenvalue weighted by molar-refractivity contribution is 5.82. The number of benzene rings is 1. The second-order valence-corrected chi connectivity index (χ2v) is 6.91. The van der Waals surface area contributed by atoms with Crippen molar-refractivity contribution in [1.29, 1.82) is 0 Å². The second kappa shape index (κ2) is 7.35. The molecular formula is C19H29N3O. The van der Waals surface area contributed by atoms with Crippen molar-refractivity contribution in [2.75, 3.05) is 37.6 Å². The van der Waals surface area contributed by atoms with Crippen LogP contribution in [0.1, 0.15) is 33.1 Å². The molecule has 0 N–H and O–H groups in total. The fourth-order valence-corrected chi connectivity index (χ4v) is 3.83. The van der Waals surface area contributed by atoms with Gasteiger partial charge in [-0.25, -0.2) is 0 Å². The lowest BCUT2D eigenvalue weighted by Gasteiger charge is -2.42. The highest BCUT2D eigenvalue weighted by Gasteiger charge is 2.31. The molecule has 0 saturated carbocycles. The second-order valence-electron chi connectivity index (χ2n) is 6.91. The van der Waals surface area contributed by atoms with E-state index in [1.54, 1.807) is 0 Å². The molecule has 1 aromatic carbocycles. The summed E-state index contributed by atoms with van der Waals surface area (Å²) in [5.74, 6) is 0.324. The Balaban J connectivity index is 1.55. The molecule has 2 aliphatic rings. The summed E-state index contributed by atoms with van der Waals surface area (Å²) in [6.45, 7) is 9.13. The van der Waals surface area contributed by atoms with Crippen LogP contribution in [0.3, 0.4) is 0 Å². The molecule has 4 heteroatoms. The van der Waals surface area contributed by atoms with Gasteiger partial charge in [-0.2, -0.15) is 0 Å². The maximum absolute atomic E-state index is 12.8. The van der Waals surface area contributed by atoms with Crippen LogP contribution in [0.4, 0.5) is 5.69 Å². The van der Waals surface area contributed by atoms with E-state index in [-0.39, 0.29) is 6.04 Å². The number of likely N-dealkylation sites (tertiary alicyclic amines) is 1. The van der Waals surface area contributed by atoms with E-state index in [0.717, 1.165) is 45.6 Å². The Hall–Kier alpha value is -1.55. The molecule has 0 aromatic heterocycles. The average molecular weight is 315 g/mol. The van der Waals surface area contributed by atoms with Crippen molar-refractivity contribution < 1.29 is 4.79 Å². The molecule has 0 spiro atoms. The molecule has 0 aliphatic carbocycles. The quantitative estimate of drug-likeness (QED) is 0.858. The smallest absolute Gasteiger partial charge is 0.239 e. The van der Waals surface area contributed by atoms with E-state index in [1.165, 1.54) is 12.1 Å². The molecule has 2 atom stereocenters. The number of hydrogen-bond acceptors (Lipinski definition) is 3. The Morgan fingerprint density at radius 2 is 1.74 bits per heavy atom. The van der Waals surface area contributed by atoms with Crippen LogP contribution in [0.15, 0.2) is 30.3 Å². The van der Waals surface area contributed by atoms with Gasteiger partial charge in [0.15, 0.2) is 0 Å². The van der Waals surface area contributed by atoms with E-state index in [9.17, 15) is 4.79 Å². The molecule has 1 aromatic rings. The lowest BCUT2D eigenvalue weighted by Crippen LogP contribution is -2.56. The van der Waals surface area contributed by atoms with Crippen molar-refractivity contribution >= 4 is 11.6 Å². The Bertz CT molecular complexity index is 511. The van der Waals surface area contributed by atoms with Gasteiger partial charge in [-0.05, 0) is 45.2 Å². The predicted octanol–water partition coefficient (Wildman–Crippen LogP) is 2.60. The fraction of sp³-hybridized carbons (Fsp3) is 0.632. The highest BCUT2D eigenvalue weighted by atomic mass is 16.2. The van der Waals surface area contributed by atoms with Crippen LogP contribution in [0.5, 0.6) is 0 Å². The normalized spacial score (nSPS) is 24.5. The molecule has 2 fully saturated rings. The minimum Gasteiger partial charge on any atom is -0.369 e. The van der Waals surface area contributed by atoms with Gasteiger partial charge in [0.25, 0.3) is 0 Å². The van der Waals surface area contributed by atoms with Gasteiger partial charge in [-0.3, -0.25) is 9.69 Å². The van der Waals surface area contributed by atoms with Crippen molar-refractivity contribution in [3.63, 3.8) is 0 Å². The lowest BCUT2D eigenvalue weighted by atomic mass is 10.0. The number of piperidine rings is 1. The van der Waals surface area contributed by atoms with Gasteiger partial charge in [-0.15, -0.1) is 0 Å². The number of piperazine rings is 1. The highest BCUT2D eigenvalue weighted by Crippen LogP contribution is 2.20. The van der Waals surface area contributed by atoms with Crippen molar-refractivity contribution in [2.45, 2.75) is 45.2 Å². The van der Waals surface area contributed by atoms with Gasteiger partial charge >= 0.3 is 0 Å². The molecule has 0 radical (unpaired) electrons. The topological polar surface area (TPSA) is 26.8 Å². The van der Waals surface area contributed by atoms with Crippen LogP contribution in [-0.2, 0) is 4.79 Å². The largest absolute Gasteiger partial charge is 0.369 e. The van der Waals surface area contributed by atoms with E-state index in [2.05, 4.69) is 58.9 Å². The van der Waals surface area contributed by atoms with Crippen molar-refractivity contribution in [3.8, 4) is 0 Å². The van der Waals surface area contributed by atoms with E-state index in [4.69, 9.17) is 0 Å². The van der Waals surface area contributed by atoms with E-state index in [1.807, 2.05) is 0 Å². The molecule has 0 bridgehead atoms. The van der Waals surface area contributed by atoms with E-state index >= 15 is 0 Å². The molecular weight excluding hydrogens is 286 g/mol. The molecule has 2 saturated heterocycles. The first-order chi connectivity index (χ1) is 11.2. The minimum atomic E-state index is 0.00785. The van der Waals surface area contributed by atoms with Gasteiger partial charge < -0.3 is 9.80 Å². The summed E-state index contributed by atoms with van der Waals surface area (Å²) >= 11 is 0. The Morgan fingerprint density at radius 1 is 1.04 bits per heavy atom. The van der Waals surface area contributed by atoms with Gasteiger partial charge in [0, 0.05) is 44.5 Å². The van der Waals surface area contributed by atoms with Crippen LogP contribution < -0.4 is 4.90 Å². The van der Waals surface area contributed by atoms with Crippen molar-refractivity contribution in [2.24, 2.45) is 0 Å². The number of para-hydroxylation sites is 1. The summed E-state index contributed by atoms with van der Waals surface area (Å²) in [5, 5.41) is 0. The molecule has 126 valence electrons. The monoisotopic (exact) mass is 315 g/mol. The zero-order valence-corrected chi connectivity index (χ0v) is 14.4. The number of nitrogens with zero attached hydrogens (tertiary/aromatic N) is 3. The molecule has 4 nitrogen and oxygen atoms in total. The molecule has 1 amide bonds. The molecule has 3 rings (SSSR count). The minimum absolute atomic E-state index is 0.00785. The number of carbonyl (C=O) groups is 1. The zero-order chi connectivity index (χ0) is 16.2. The van der Waals surface area contributed by atoms with Gasteiger partial charge in [0.2, 0.25) is 5.91 Å². The molecule has 2 aliphatic heterocycles. The predicted molar refractivity (Wildman–Crippen MR) is 94.7 cm³/mol. The number of anilines is 1. The standard InChI is InChI=1S/C19H29N3O/c1-16-8-6-7-11-22(16)19(23)17(2)20-12-14-21(15-13-20)18-9-4-3-5-10-18/h3-5,9-10,16-17H,6-8,11-15H2,1-2H3. The average Bonchev–Trinajstić information content (AvgIpc) is 2.62. The van der Waals surface area contributed by atoms with Crippen molar-refractivity contribution in [1.82, 2.24) is 9.80 Å². The van der Waals surface area contributed by atoms with Crippen LogP contribution in [0, 0.1) is 0 Å². The summed E-state index contributed by atoms with van der Waals surface area (Å²) in [6.07, 6.45) is 3.57. The Labute approximate surface area is 140 Å². The van der Waals surface area contributed by atoms with E-state index in [0.29, 0.717) is 11.9 Å². The third-order valence-electron chi connectivity index (χ3n) is 5.43. The maximum atomic E-state index is 12.8. The summed E-state index contributed by atoms with van der Waals surface area (Å²) in [6, 6.07) is 11.0. The SMILES string of the molecule is CC(C(=O)N1CCCCC1C)N1CCN(c2ccccc2)CC1. The summed E-state index contributed by atoms with van der Waals surface area (Å²) in [7, 11) is 0. The first-order valence-corrected chi connectivity index (χ1v) is 9.01. The lowest BCUT2D eigenvalue weighted by molar-refractivity contribution is -0.139. The summed E-state index contributed by atoms with van der Waals surface area (Å²) < 4.78 is 0. The maximum Gasteiger partial charge on any atom is 0.239 e. The number of rotatable bonds is 3. The molecule has 2 heterocycles. The Morgan fingerprint density at radius 3 is 2.39 bits per heavy atom. The van der Waals surface area contributed by atoms with Crippen LogP contribution in [-0.4, -0.2) is 60.5 Å². The number of amides is 1. The van der Waals surface area contributed by atoms with Crippen molar-refractivity contribution in [3.05, 3.63) is 30.3 Å². The third-order valence-corrected chi connectivity index (χ3v) is 5.43.